The van der Waals surface area contributed by atoms with Gasteiger partial charge in [-0.1, -0.05) is 82.7 Å². The lowest BCUT2D eigenvalue weighted by Crippen LogP contribution is -2.40. The third-order valence-corrected chi connectivity index (χ3v) is 5.37. The minimum atomic E-state index is -1.19. The van der Waals surface area contributed by atoms with Gasteiger partial charge in [-0.25, -0.2) is 0 Å². The fraction of sp³-hybridized carbons (Fsp3) is 0.0909. The molecule has 0 spiro atoms. The summed E-state index contributed by atoms with van der Waals surface area (Å²) in [6.45, 7) is 0. The molecule has 25 heavy (non-hydrogen) atoms. The van der Waals surface area contributed by atoms with E-state index in [2.05, 4.69) is 15.9 Å². The van der Waals surface area contributed by atoms with E-state index in [9.17, 15) is 9.59 Å². The molecule has 2 nitrogen and oxygen atoms in total. The summed E-state index contributed by atoms with van der Waals surface area (Å²) in [5, 5.41) is 0. The zero-order chi connectivity index (χ0) is 17.4. The highest BCUT2D eigenvalue weighted by Crippen LogP contribution is 2.42. The van der Waals surface area contributed by atoms with E-state index in [-0.39, 0.29) is 11.6 Å². The van der Waals surface area contributed by atoms with Crippen LogP contribution in [0.5, 0.6) is 0 Å². The smallest absolute Gasteiger partial charge is 0.182 e. The molecule has 3 aromatic carbocycles. The van der Waals surface area contributed by atoms with Gasteiger partial charge in [0.1, 0.15) is 5.41 Å². The standard InChI is InChI=1S/C22H15BrO2/c23-17-12-10-16(11-13-17)22(14-15-6-2-1-3-7-15)20(24)18-8-4-5-9-19(18)21(22)25/h1-13H,14H2. The molecule has 3 aromatic rings. The second-order valence-electron chi connectivity index (χ2n) is 6.28. The van der Waals surface area contributed by atoms with E-state index < -0.39 is 5.41 Å². The molecule has 1 aliphatic carbocycles. The van der Waals surface area contributed by atoms with Crippen LogP contribution in [-0.4, -0.2) is 11.6 Å². The van der Waals surface area contributed by atoms with Crippen molar-refractivity contribution in [3.63, 3.8) is 0 Å². The van der Waals surface area contributed by atoms with Crippen molar-refractivity contribution in [3.05, 3.63) is 106 Å². The van der Waals surface area contributed by atoms with Gasteiger partial charge in [0.2, 0.25) is 0 Å². The van der Waals surface area contributed by atoms with Crippen LogP contribution in [0.15, 0.2) is 83.3 Å². The van der Waals surface area contributed by atoms with Gasteiger partial charge in [0.25, 0.3) is 0 Å². The van der Waals surface area contributed by atoms with E-state index >= 15 is 0 Å². The first-order chi connectivity index (χ1) is 12.1. The van der Waals surface area contributed by atoms with Gasteiger partial charge >= 0.3 is 0 Å². The molecule has 0 heterocycles. The summed E-state index contributed by atoms with van der Waals surface area (Å²) in [6, 6.07) is 24.3. The minimum absolute atomic E-state index is 0.112. The molecule has 0 radical (unpaired) electrons. The summed E-state index contributed by atoms with van der Waals surface area (Å²) >= 11 is 3.43. The largest absolute Gasteiger partial charge is 0.293 e. The minimum Gasteiger partial charge on any atom is -0.293 e. The second kappa shape index (κ2) is 6.08. The number of halogens is 1. The molecule has 0 saturated heterocycles. The lowest BCUT2D eigenvalue weighted by atomic mass is 9.71. The van der Waals surface area contributed by atoms with Crippen LogP contribution in [0, 0.1) is 0 Å². The molecule has 3 heteroatoms. The number of carbonyl (C=O) groups excluding carboxylic acids is 2. The summed E-state index contributed by atoms with van der Waals surface area (Å²) in [7, 11) is 0. The molecular weight excluding hydrogens is 376 g/mol. The Hall–Kier alpha value is -2.52. The van der Waals surface area contributed by atoms with Gasteiger partial charge in [-0.2, -0.15) is 0 Å². The number of carbonyl (C=O) groups is 2. The molecule has 122 valence electrons. The van der Waals surface area contributed by atoms with Crippen molar-refractivity contribution in [3.8, 4) is 0 Å². The normalized spacial score (nSPS) is 15.2. The Bertz CT molecular complexity index is 924. The first-order valence-corrected chi connectivity index (χ1v) is 8.91. The van der Waals surface area contributed by atoms with Crippen LogP contribution in [-0.2, 0) is 11.8 Å². The van der Waals surface area contributed by atoms with Crippen molar-refractivity contribution in [1.29, 1.82) is 0 Å². The summed E-state index contributed by atoms with van der Waals surface area (Å²) in [6.07, 6.45) is 0.363. The number of hydrogen-bond acceptors (Lipinski definition) is 2. The molecule has 0 bridgehead atoms. The van der Waals surface area contributed by atoms with Crippen LogP contribution in [0.4, 0.5) is 0 Å². The maximum atomic E-state index is 13.4. The highest BCUT2D eigenvalue weighted by molar-refractivity contribution is 9.10. The van der Waals surface area contributed by atoms with E-state index in [0.717, 1.165) is 15.6 Å². The van der Waals surface area contributed by atoms with Crippen LogP contribution >= 0.6 is 15.9 Å². The number of Topliss-reactive ketones (excluding diaryl/α,β-unsaturated/α-hetero) is 2. The number of benzene rings is 3. The highest BCUT2D eigenvalue weighted by Gasteiger charge is 2.53. The zero-order valence-electron chi connectivity index (χ0n) is 13.4. The molecule has 1 aliphatic rings. The average molecular weight is 391 g/mol. The third kappa shape index (κ3) is 2.47. The molecule has 0 N–H and O–H groups in total. The first-order valence-electron chi connectivity index (χ1n) is 8.11. The van der Waals surface area contributed by atoms with Crippen molar-refractivity contribution in [2.75, 3.05) is 0 Å². The zero-order valence-corrected chi connectivity index (χ0v) is 15.0. The summed E-state index contributed by atoms with van der Waals surface area (Å²) in [4.78, 5) is 26.8. The molecule has 0 aliphatic heterocycles. The average Bonchev–Trinajstić information content (AvgIpc) is 2.86. The third-order valence-electron chi connectivity index (χ3n) is 4.84. The van der Waals surface area contributed by atoms with Crippen LogP contribution < -0.4 is 0 Å². The second-order valence-corrected chi connectivity index (χ2v) is 7.19. The van der Waals surface area contributed by atoms with Crippen molar-refractivity contribution in [2.45, 2.75) is 11.8 Å². The van der Waals surface area contributed by atoms with Gasteiger partial charge in [-0.15, -0.1) is 0 Å². The molecule has 0 aromatic heterocycles. The van der Waals surface area contributed by atoms with E-state index in [1.807, 2.05) is 66.7 Å². The maximum Gasteiger partial charge on any atom is 0.182 e. The summed E-state index contributed by atoms with van der Waals surface area (Å²) in [5.41, 5.74) is 1.56. The van der Waals surface area contributed by atoms with Crippen LogP contribution in [0.1, 0.15) is 31.8 Å². The molecule has 0 unspecified atom stereocenters. The molecule has 0 saturated carbocycles. The van der Waals surface area contributed by atoms with Crippen molar-refractivity contribution in [1.82, 2.24) is 0 Å². The topological polar surface area (TPSA) is 34.1 Å². The van der Waals surface area contributed by atoms with Crippen molar-refractivity contribution < 1.29 is 9.59 Å². The van der Waals surface area contributed by atoms with E-state index in [4.69, 9.17) is 0 Å². The van der Waals surface area contributed by atoms with Gasteiger partial charge < -0.3 is 0 Å². The quantitative estimate of drug-likeness (QED) is 0.589. The predicted molar refractivity (Wildman–Crippen MR) is 101 cm³/mol. The molecule has 4 rings (SSSR count). The van der Waals surface area contributed by atoms with Gasteiger partial charge in [-0.3, -0.25) is 9.59 Å². The monoisotopic (exact) mass is 390 g/mol. The van der Waals surface area contributed by atoms with Crippen molar-refractivity contribution >= 4 is 27.5 Å². The Morgan fingerprint density at radius 1 is 0.680 bits per heavy atom. The van der Waals surface area contributed by atoms with E-state index in [1.54, 1.807) is 12.1 Å². The SMILES string of the molecule is O=C1c2ccccc2C(=O)C1(Cc1ccccc1)c1ccc(Br)cc1. The highest BCUT2D eigenvalue weighted by atomic mass is 79.9. The predicted octanol–water partition coefficient (Wildman–Crippen LogP) is 5.01. The van der Waals surface area contributed by atoms with E-state index in [0.29, 0.717) is 17.5 Å². The van der Waals surface area contributed by atoms with Crippen LogP contribution in [0.25, 0.3) is 0 Å². The Morgan fingerprint density at radius 2 is 1.20 bits per heavy atom. The Labute approximate surface area is 154 Å². The number of hydrogen-bond donors (Lipinski definition) is 0. The lowest BCUT2D eigenvalue weighted by molar-refractivity contribution is 0.0793. The van der Waals surface area contributed by atoms with Gasteiger partial charge in [-0.05, 0) is 29.7 Å². The number of fused-ring (bicyclic) bond motifs is 1. The maximum absolute atomic E-state index is 13.4. The summed E-state index contributed by atoms with van der Waals surface area (Å²) in [5.74, 6) is -0.224. The molecule has 0 amide bonds. The fourth-order valence-corrected chi connectivity index (χ4v) is 3.87. The van der Waals surface area contributed by atoms with Crippen molar-refractivity contribution in [2.24, 2.45) is 0 Å². The molecule has 0 fully saturated rings. The number of rotatable bonds is 3. The van der Waals surface area contributed by atoms with E-state index in [1.165, 1.54) is 0 Å². The summed E-state index contributed by atoms with van der Waals surface area (Å²) < 4.78 is 0.918. The van der Waals surface area contributed by atoms with Gasteiger partial charge in [0.15, 0.2) is 11.6 Å². The Balaban J connectivity index is 1.93. The fourth-order valence-electron chi connectivity index (χ4n) is 3.60. The lowest BCUT2D eigenvalue weighted by Gasteiger charge is -2.27. The number of ketones is 2. The van der Waals surface area contributed by atoms with Gasteiger partial charge in [0, 0.05) is 15.6 Å². The van der Waals surface area contributed by atoms with Gasteiger partial charge in [0.05, 0.1) is 0 Å². The molecular formula is C22H15BrO2. The Kier molecular flexibility index (Phi) is 3.89. The first kappa shape index (κ1) is 16.0. The Morgan fingerprint density at radius 3 is 1.76 bits per heavy atom. The molecule has 0 atom stereocenters. The van der Waals surface area contributed by atoms with Crippen LogP contribution in [0.3, 0.4) is 0 Å². The van der Waals surface area contributed by atoms with Crippen LogP contribution in [0.2, 0.25) is 0 Å².